The van der Waals surface area contributed by atoms with Gasteiger partial charge in [0.1, 0.15) is 0 Å². The normalized spacial score (nSPS) is 26.9. The van der Waals surface area contributed by atoms with Crippen molar-refractivity contribution in [3.63, 3.8) is 0 Å². The number of hydrogen-bond acceptors (Lipinski definition) is 2. The zero-order valence-electron chi connectivity index (χ0n) is 5.97. The molecule has 1 saturated heterocycles. The van der Waals surface area contributed by atoms with E-state index in [2.05, 4.69) is 6.92 Å². The monoisotopic (exact) mass is 274 g/mol. The van der Waals surface area contributed by atoms with Crippen molar-refractivity contribution >= 4 is 14.6 Å². The summed E-state index contributed by atoms with van der Waals surface area (Å²) in [4.78, 5) is 10.6. The molecule has 0 aromatic heterocycles. The van der Waals surface area contributed by atoms with Crippen molar-refractivity contribution in [3.8, 4) is 0 Å². The van der Waals surface area contributed by atoms with Crippen molar-refractivity contribution in [1.82, 2.24) is 0 Å². The Balaban J connectivity index is 2.12. The molecule has 60 valence electrons. The second-order valence-electron chi connectivity index (χ2n) is 2.15. The molecule has 2 atom stereocenters. The molecule has 0 aromatic rings. The van der Waals surface area contributed by atoms with Crippen LogP contribution in [0.5, 0.6) is 0 Å². The van der Waals surface area contributed by atoms with Crippen molar-refractivity contribution in [2.24, 2.45) is 0 Å². The van der Waals surface area contributed by atoms with E-state index in [1.165, 1.54) is 12.6 Å². The minimum atomic E-state index is 0.0569. The number of rotatable bonds is 3. The number of alkyl halides is 2. The number of carbonyl (C=O) groups is 1. The second kappa shape index (κ2) is 4.50. The van der Waals surface area contributed by atoms with E-state index >= 15 is 0 Å². The molecule has 0 N–H and O–H groups in total. The number of hydrogen-bond donors (Lipinski definition) is 0. The van der Waals surface area contributed by atoms with E-state index in [1.807, 2.05) is 0 Å². The standard InChI is InChI=1S/C6H11IO2P/c1-2-3-10-6-7-4-5(8)9-6/h6,10H,2-4H2,1H3/q-1/p+1. The van der Waals surface area contributed by atoms with Gasteiger partial charge in [0.25, 0.3) is 0 Å². The molecule has 1 heterocycles. The molecule has 1 aliphatic rings. The van der Waals surface area contributed by atoms with E-state index in [0.29, 0.717) is 12.4 Å². The molecular formula is C6H12IO2P. The van der Waals surface area contributed by atoms with Crippen LogP contribution in [0.1, 0.15) is 13.3 Å². The minimum absolute atomic E-state index is 0.0569. The van der Waals surface area contributed by atoms with Crippen molar-refractivity contribution in [3.05, 3.63) is 0 Å². The number of ether oxygens (including phenoxy) is 1. The van der Waals surface area contributed by atoms with Gasteiger partial charge in [-0.05, 0) is 0 Å². The van der Waals surface area contributed by atoms with Crippen LogP contribution in [0.25, 0.3) is 0 Å². The second-order valence-corrected chi connectivity index (χ2v) is 8.04. The first-order valence-corrected chi connectivity index (χ1v) is 7.69. The molecule has 2 unspecified atom stereocenters. The van der Waals surface area contributed by atoms with Crippen LogP contribution in [0.3, 0.4) is 0 Å². The topological polar surface area (TPSA) is 26.3 Å². The van der Waals surface area contributed by atoms with Gasteiger partial charge in [-0.1, -0.05) is 0 Å². The van der Waals surface area contributed by atoms with Crippen molar-refractivity contribution in [2.45, 2.75) is 17.2 Å². The Bertz CT molecular complexity index is 129. The van der Waals surface area contributed by atoms with Gasteiger partial charge >= 0.3 is 73.1 Å². The Labute approximate surface area is 73.1 Å². The van der Waals surface area contributed by atoms with Crippen LogP contribution in [0.15, 0.2) is 0 Å². The SMILES string of the molecule is CCC[PH2+]C1OC(=O)C[I-]1. The van der Waals surface area contributed by atoms with Crippen LogP contribution < -0.4 is 21.2 Å². The van der Waals surface area contributed by atoms with Crippen LogP contribution in [0.2, 0.25) is 0 Å². The predicted octanol–water partition coefficient (Wildman–Crippen LogP) is -2.26. The molecule has 1 fully saturated rings. The third-order valence-corrected chi connectivity index (χ3v) is 7.55. The average molecular weight is 274 g/mol. The summed E-state index contributed by atoms with van der Waals surface area (Å²) >= 11 is 0.0888. The van der Waals surface area contributed by atoms with E-state index in [1.54, 1.807) is 0 Å². The van der Waals surface area contributed by atoms with Crippen LogP contribution in [0.4, 0.5) is 0 Å². The molecule has 1 aliphatic heterocycles. The van der Waals surface area contributed by atoms with Crippen molar-refractivity contribution in [2.75, 3.05) is 10.6 Å². The predicted molar refractivity (Wildman–Crippen MR) is 39.6 cm³/mol. The van der Waals surface area contributed by atoms with Gasteiger partial charge in [-0.15, -0.1) is 0 Å². The van der Waals surface area contributed by atoms with E-state index in [-0.39, 0.29) is 27.2 Å². The molecular weight excluding hydrogens is 262 g/mol. The molecule has 1 rings (SSSR count). The summed E-state index contributed by atoms with van der Waals surface area (Å²) in [5.41, 5.74) is 0. The van der Waals surface area contributed by atoms with Gasteiger partial charge in [-0.2, -0.15) is 0 Å². The van der Waals surface area contributed by atoms with Crippen molar-refractivity contribution in [1.29, 1.82) is 0 Å². The zero-order chi connectivity index (χ0) is 7.40. The number of cyclic esters (lactones) is 1. The van der Waals surface area contributed by atoms with Crippen LogP contribution in [-0.4, -0.2) is 20.4 Å². The Morgan fingerprint density at radius 2 is 2.70 bits per heavy atom. The van der Waals surface area contributed by atoms with Gasteiger partial charge < -0.3 is 0 Å². The molecule has 0 aromatic carbocycles. The third kappa shape index (κ3) is 2.70. The summed E-state index contributed by atoms with van der Waals surface area (Å²) in [6.45, 7) is 2.18. The third-order valence-electron chi connectivity index (χ3n) is 1.22. The quantitative estimate of drug-likeness (QED) is 0.251. The fourth-order valence-corrected chi connectivity index (χ4v) is 5.90. The first-order chi connectivity index (χ1) is 4.83. The van der Waals surface area contributed by atoms with Gasteiger partial charge in [-0.25, -0.2) is 0 Å². The maximum absolute atomic E-state index is 10.6. The van der Waals surface area contributed by atoms with Gasteiger partial charge in [0.05, 0.1) is 0 Å². The summed E-state index contributed by atoms with van der Waals surface area (Å²) in [5.74, 6) is 0.0569. The summed E-state index contributed by atoms with van der Waals surface area (Å²) in [6, 6.07) is 0. The summed E-state index contributed by atoms with van der Waals surface area (Å²) < 4.78 is 6.31. The number of carbonyl (C=O) groups excluding carboxylic acids is 1. The molecule has 0 spiro atoms. The number of halogens is 1. The fraction of sp³-hybridized carbons (Fsp3) is 0.833. The first-order valence-electron chi connectivity index (χ1n) is 3.43. The Kier molecular flexibility index (Phi) is 3.92. The van der Waals surface area contributed by atoms with Gasteiger partial charge in [0.2, 0.25) is 0 Å². The van der Waals surface area contributed by atoms with E-state index in [4.69, 9.17) is 4.74 Å². The van der Waals surface area contributed by atoms with Crippen molar-refractivity contribution < 1.29 is 30.7 Å². The first kappa shape index (κ1) is 8.72. The van der Waals surface area contributed by atoms with E-state index in [0.717, 1.165) is 4.43 Å². The zero-order valence-corrected chi connectivity index (χ0v) is 9.28. The molecule has 2 nitrogen and oxygen atoms in total. The van der Waals surface area contributed by atoms with Crippen LogP contribution in [0, 0.1) is 0 Å². The summed E-state index contributed by atoms with van der Waals surface area (Å²) in [5, 5.41) is 0. The molecule has 0 amide bonds. The Morgan fingerprint density at radius 3 is 3.20 bits per heavy atom. The summed E-state index contributed by atoms with van der Waals surface area (Å²) in [7, 11) is 0.420. The van der Waals surface area contributed by atoms with Crippen LogP contribution >= 0.6 is 8.58 Å². The van der Waals surface area contributed by atoms with E-state index in [9.17, 15) is 4.79 Å². The fourth-order valence-electron chi connectivity index (χ4n) is 0.736. The molecule has 0 saturated carbocycles. The Morgan fingerprint density at radius 1 is 1.90 bits per heavy atom. The summed E-state index contributed by atoms with van der Waals surface area (Å²) in [6.07, 6.45) is 2.53. The van der Waals surface area contributed by atoms with Gasteiger partial charge in [0, 0.05) is 0 Å². The molecule has 10 heavy (non-hydrogen) atoms. The molecule has 0 bridgehead atoms. The number of esters is 1. The molecule has 4 heteroatoms. The van der Waals surface area contributed by atoms with E-state index < -0.39 is 0 Å². The van der Waals surface area contributed by atoms with Gasteiger partial charge in [0.15, 0.2) is 0 Å². The average Bonchev–Trinajstić information content (AvgIpc) is 2.31. The van der Waals surface area contributed by atoms with Gasteiger partial charge in [-0.3, -0.25) is 0 Å². The molecule has 0 radical (unpaired) electrons. The Hall–Kier alpha value is 0.630. The molecule has 0 aliphatic carbocycles. The van der Waals surface area contributed by atoms with Crippen LogP contribution in [-0.2, 0) is 9.53 Å². The maximum atomic E-state index is 10.6.